The molecule has 2 rings (SSSR count). The minimum Gasteiger partial charge on any atom is -0.494 e. The van der Waals surface area contributed by atoms with Crippen LogP contribution in [0.4, 0.5) is 5.69 Å². The van der Waals surface area contributed by atoms with Crippen LogP contribution in [0.3, 0.4) is 0 Å². The lowest BCUT2D eigenvalue weighted by molar-refractivity contribution is -0.136. The van der Waals surface area contributed by atoms with Crippen LogP contribution in [0.1, 0.15) is 18.1 Å². The second-order valence-corrected chi connectivity index (χ2v) is 5.02. The van der Waals surface area contributed by atoms with E-state index in [-0.39, 0.29) is 0 Å². The van der Waals surface area contributed by atoms with Crippen molar-refractivity contribution in [1.82, 2.24) is 5.43 Å². The number of aryl methyl sites for hydroxylation is 1. The molecule has 0 radical (unpaired) electrons. The molecule has 0 spiro atoms. The molecule has 2 amide bonds. The lowest BCUT2D eigenvalue weighted by Crippen LogP contribution is -2.32. The van der Waals surface area contributed by atoms with Crippen LogP contribution in [0.2, 0.25) is 0 Å². The standard InChI is InChI=1S/C18H19N3O3/c1-3-24-16-10-8-15(9-11-16)20-17(22)18(23)21-19-12-14-6-4-13(2)5-7-14/h4-12H,3H2,1-2H3,(H,20,22)(H,21,23). The molecule has 24 heavy (non-hydrogen) atoms. The molecule has 2 N–H and O–H groups in total. The summed E-state index contributed by atoms with van der Waals surface area (Å²) < 4.78 is 5.30. The molecule has 0 bridgehead atoms. The van der Waals surface area contributed by atoms with E-state index in [1.165, 1.54) is 6.21 Å². The number of amides is 2. The number of nitrogens with one attached hydrogen (secondary N) is 2. The first-order valence-electron chi connectivity index (χ1n) is 7.52. The second-order valence-electron chi connectivity index (χ2n) is 5.02. The van der Waals surface area contributed by atoms with E-state index < -0.39 is 11.8 Å². The summed E-state index contributed by atoms with van der Waals surface area (Å²) in [4.78, 5) is 23.5. The molecule has 0 fully saturated rings. The minimum atomic E-state index is -0.841. The van der Waals surface area contributed by atoms with Crippen molar-refractivity contribution in [2.24, 2.45) is 5.10 Å². The summed E-state index contributed by atoms with van der Waals surface area (Å²) in [5, 5.41) is 6.25. The summed E-state index contributed by atoms with van der Waals surface area (Å²) in [5.41, 5.74) is 4.65. The maximum absolute atomic E-state index is 11.8. The van der Waals surface area contributed by atoms with Gasteiger partial charge in [-0.2, -0.15) is 5.10 Å². The summed E-state index contributed by atoms with van der Waals surface area (Å²) >= 11 is 0. The molecule has 0 aliphatic heterocycles. The van der Waals surface area contributed by atoms with Crippen LogP contribution in [0.25, 0.3) is 0 Å². The summed E-state index contributed by atoms with van der Waals surface area (Å²) in [6.45, 7) is 4.43. The molecule has 0 saturated heterocycles. The average molecular weight is 325 g/mol. The number of hydrazone groups is 1. The van der Waals surface area contributed by atoms with E-state index >= 15 is 0 Å². The molecule has 0 saturated carbocycles. The van der Waals surface area contributed by atoms with E-state index in [0.29, 0.717) is 18.0 Å². The van der Waals surface area contributed by atoms with E-state index in [4.69, 9.17) is 4.74 Å². The van der Waals surface area contributed by atoms with Crippen LogP contribution in [-0.2, 0) is 9.59 Å². The normalized spacial score (nSPS) is 10.4. The number of hydrogen-bond donors (Lipinski definition) is 2. The van der Waals surface area contributed by atoms with E-state index in [1.807, 2.05) is 38.1 Å². The Morgan fingerprint density at radius 3 is 2.33 bits per heavy atom. The predicted octanol–water partition coefficient (Wildman–Crippen LogP) is 2.48. The molecule has 0 atom stereocenters. The van der Waals surface area contributed by atoms with Gasteiger partial charge >= 0.3 is 11.8 Å². The SMILES string of the molecule is CCOc1ccc(NC(=O)C(=O)NN=Cc2ccc(C)cc2)cc1. The first-order chi connectivity index (χ1) is 11.6. The largest absolute Gasteiger partial charge is 0.494 e. The number of hydrogen-bond acceptors (Lipinski definition) is 4. The third kappa shape index (κ3) is 5.24. The first kappa shape index (κ1) is 17.2. The third-order valence-electron chi connectivity index (χ3n) is 3.09. The van der Waals surface area contributed by atoms with Gasteiger partial charge in [-0.3, -0.25) is 9.59 Å². The van der Waals surface area contributed by atoms with Crippen LogP contribution < -0.4 is 15.5 Å². The van der Waals surface area contributed by atoms with Crippen molar-refractivity contribution in [3.8, 4) is 5.75 Å². The molecule has 0 aliphatic carbocycles. The monoisotopic (exact) mass is 325 g/mol. The van der Waals surface area contributed by atoms with Crippen molar-refractivity contribution < 1.29 is 14.3 Å². The number of anilines is 1. The molecule has 124 valence electrons. The van der Waals surface area contributed by atoms with Gasteiger partial charge in [0.15, 0.2) is 0 Å². The molecule has 6 nitrogen and oxygen atoms in total. The minimum absolute atomic E-state index is 0.501. The maximum atomic E-state index is 11.8. The number of ether oxygens (including phenoxy) is 1. The zero-order valence-electron chi connectivity index (χ0n) is 13.6. The van der Waals surface area contributed by atoms with Crippen molar-refractivity contribution in [3.05, 3.63) is 59.7 Å². The van der Waals surface area contributed by atoms with Gasteiger partial charge in [0.1, 0.15) is 5.75 Å². The lowest BCUT2D eigenvalue weighted by Gasteiger charge is -2.06. The quantitative estimate of drug-likeness (QED) is 0.503. The van der Waals surface area contributed by atoms with Crippen LogP contribution >= 0.6 is 0 Å². The highest BCUT2D eigenvalue weighted by atomic mass is 16.5. The highest BCUT2D eigenvalue weighted by Crippen LogP contribution is 2.15. The van der Waals surface area contributed by atoms with Gasteiger partial charge in [-0.25, -0.2) is 5.43 Å². The Bertz CT molecular complexity index is 722. The fourth-order valence-electron chi connectivity index (χ4n) is 1.86. The van der Waals surface area contributed by atoms with Gasteiger partial charge in [-0.05, 0) is 43.7 Å². The Hall–Kier alpha value is -3.15. The van der Waals surface area contributed by atoms with Gasteiger partial charge in [-0.1, -0.05) is 29.8 Å². The van der Waals surface area contributed by atoms with E-state index in [9.17, 15) is 9.59 Å². The highest BCUT2D eigenvalue weighted by molar-refractivity contribution is 6.39. The van der Waals surface area contributed by atoms with Gasteiger partial charge in [0.05, 0.1) is 12.8 Å². The molecule has 2 aromatic rings. The molecule has 0 aromatic heterocycles. The summed E-state index contributed by atoms with van der Waals surface area (Å²) in [5.74, 6) is -0.935. The van der Waals surface area contributed by atoms with E-state index in [1.54, 1.807) is 24.3 Å². The van der Waals surface area contributed by atoms with Crippen LogP contribution in [0.15, 0.2) is 53.6 Å². The second kappa shape index (κ2) is 8.47. The Kier molecular flexibility index (Phi) is 6.08. The van der Waals surface area contributed by atoms with Crippen LogP contribution in [-0.4, -0.2) is 24.6 Å². The van der Waals surface area contributed by atoms with E-state index in [0.717, 1.165) is 11.1 Å². The predicted molar refractivity (Wildman–Crippen MR) is 93.2 cm³/mol. The number of benzene rings is 2. The summed E-state index contributed by atoms with van der Waals surface area (Å²) in [6.07, 6.45) is 1.47. The van der Waals surface area contributed by atoms with Gasteiger partial charge in [-0.15, -0.1) is 0 Å². The van der Waals surface area contributed by atoms with Gasteiger partial charge in [0.25, 0.3) is 0 Å². The van der Waals surface area contributed by atoms with Gasteiger partial charge in [0.2, 0.25) is 0 Å². The first-order valence-corrected chi connectivity index (χ1v) is 7.52. The number of rotatable bonds is 5. The van der Waals surface area contributed by atoms with Gasteiger partial charge in [0, 0.05) is 5.69 Å². The molecule has 0 unspecified atom stereocenters. The fraction of sp³-hybridized carbons (Fsp3) is 0.167. The van der Waals surface area contributed by atoms with Crippen molar-refractivity contribution >= 4 is 23.7 Å². The smallest absolute Gasteiger partial charge is 0.329 e. The Balaban J connectivity index is 1.85. The van der Waals surface area contributed by atoms with Gasteiger partial charge < -0.3 is 10.1 Å². The van der Waals surface area contributed by atoms with Crippen molar-refractivity contribution in [2.75, 3.05) is 11.9 Å². The van der Waals surface area contributed by atoms with Crippen LogP contribution in [0.5, 0.6) is 5.75 Å². The Labute approximate surface area is 140 Å². The maximum Gasteiger partial charge on any atom is 0.329 e. The molecule has 0 aliphatic rings. The fourth-order valence-corrected chi connectivity index (χ4v) is 1.86. The summed E-state index contributed by atoms with van der Waals surface area (Å²) in [6, 6.07) is 14.3. The number of carbonyl (C=O) groups excluding carboxylic acids is 2. The summed E-state index contributed by atoms with van der Waals surface area (Å²) in [7, 11) is 0. The van der Waals surface area contributed by atoms with Crippen molar-refractivity contribution in [2.45, 2.75) is 13.8 Å². The molecular weight excluding hydrogens is 306 g/mol. The zero-order chi connectivity index (χ0) is 17.4. The van der Waals surface area contributed by atoms with Crippen molar-refractivity contribution in [1.29, 1.82) is 0 Å². The highest BCUT2D eigenvalue weighted by Gasteiger charge is 2.12. The average Bonchev–Trinajstić information content (AvgIpc) is 2.58. The molecule has 2 aromatic carbocycles. The number of nitrogens with zero attached hydrogens (tertiary/aromatic N) is 1. The molecule has 0 heterocycles. The molecular formula is C18H19N3O3. The lowest BCUT2D eigenvalue weighted by atomic mass is 10.2. The van der Waals surface area contributed by atoms with Crippen LogP contribution in [0, 0.1) is 6.92 Å². The Morgan fingerprint density at radius 1 is 1.04 bits per heavy atom. The van der Waals surface area contributed by atoms with E-state index in [2.05, 4.69) is 15.8 Å². The number of carbonyl (C=O) groups is 2. The molecule has 6 heteroatoms. The zero-order valence-corrected chi connectivity index (χ0v) is 13.6. The van der Waals surface area contributed by atoms with Crippen molar-refractivity contribution in [3.63, 3.8) is 0 Å². The topological polar surface area (TPSA) is 79.8 Å². The third-order valence-corrected chi connectivity index (χ3v) is 3.09. The Morgan fingerprint density at radius 2 is 1.71 bits per heavy atom.